The molecule has 1 aliphatic carbocycles. The number of benzene rings is 1. The van der Waals surface area contributed by atoms with Crippen molar-refractivity contribution in [2.45, 2.75) is 208 Å². The van der Waals surface area contributed by atoms with Crippen molar-refractivity contribution < 1.29 is 62.5 Å². The number of carboxylic acids is 1. The molecule has 0 radical (unpaired) electrons. The van der Waals surface area contributed by atoms with E-state index in [1.807, 2.05) is 13.0 Å². The highest BCUT2D eigenvalue weighted by atomic mass is 16.6. The number of rotatable bonds is 22. The Morgan fingerprint density at radius 3 is 1.58 bits per heavy atom. The van der Waals surface area contributed by atoms with E-state index in [4.69, 9.17) is 14.2 Å². The molecule has 5 amide bonds. The molecular weight excluding hydrogens is 867 g/mol. The van der Waals surface area contributed by atoms with E-state index in [0.717, 1.165) is 31.2 Å². The van der Waals surface area contributed by atoms with E-state index in [1.165, 1.54) is 0 Å². The zero-order valence-corrected chi connectivity index (χ0v) is 41.9. The molecule has 1 saturated carbocycles. The largest absolute Gasteiger partial charge is 0.480 e. The molecule has 1 fully saturated rings. The molecule has 5 atom stereocenters. The number of carbonyl (C=O) groups is 9. The molecule has 1 aromatic carbocycles. The van der Waals surface area contributed by atoms with Crippen molar-refractivity contribution >= 4 is 53.4 Å². The molecule has 6 N–H and O–H groups in total. The lowest BCUT2D eigenvalue weighted by Crippen LogP contribution is -2.61. The van der Waals surface area contributed by atoms with E-state index in [-0.39, 0.29) is 38.0 Å². The lowest BCUT2D eigenvalue weighted by molar-refractivity contribution is -0.158. The van der Waals surface area contributed by atoms with Gasteiger partial charge in [0.15, 0.2) is 0 Å². The van der Waals surface area contributed by atoms with Crippen LogP contribution in [0.3, 0.4) is 0 Å². The highest BCUT2D eigenvalue weighted by Gasteiger charge is 2.39. The fourth-order valence-corrected chi connectivity index (χ4v) is 7.34. The number of amides is 5. The minimum absolute atomic E-state index is 0.0934. The van der Waals surface area contributed by atoms with Gasteiger partial charge in [0, 0.05) is 19.3 Å². The third kappa shape index (κ3) is 22.7. The Kier molecular flexibility index (Phi) is 21.5. The number of hydrogen-bond donors (Lipinski definition) is 6. The summed E-state index contributed by atoms with van der Waals surface area (Å²) in [5.74, 6) is -7.57. The second-order valence-electron chi connectivity index (χ2n) is 21.5. The molecule has 0 heterocycles. The summed E-state index contributed by atoms with van der Waals surface area (Å²) in [6.07, 6.45) is 1.64. The first kappa shape index (κ1) is 57.6. The Morgan fingerprint density at radius 1 is 0.582 bits per heavy atom. The molecule has 1 aliphatic rings. The minimum atomic E-state index is -1.63. The minimum Gasteiger partial charge on any atom is -0.480 e. The molecule has 18 heteroatoms. The summed E-state index contributed by atoms with van der Waals surface area (Å²) in [6.45, 7) is 21.7. The molecule has 0 bridgehead atoms. The quantitative estimate of drug-likeness (QED) is 0.0684. The summed E-state index contributed by atoms with van der Waals surface area (Å²) in [5.41, 5.74) is -2.20. The molecule has 18 nitrogen and oxygen atoms in total. The van der Waals surface area contributed by atoms with E-state index in [2.05, 4.69) is 26.6 Å². The zero-order chi connectivity index (χ0) is 51.1. The smallest absolute Gasteiger partial charge is 0.326 e. The van der Waals surface area contributed by atoms with Gasteiger partial charge in [0.05, 0.1) is 12.8 Å². The molecular formula is C49H77N5O13. The van der Waals surface area contributed by atoms with Crippen LogP contribution in [0.25, 0.3) is 0 Å². The van der Waals surface area contributed by atoms with Crippen LogP contribution >= 0.6 is 0 Å². The van der Waals surface area contributed by atoms with Gasteiger partial charge in [-0.3, -0.25) is 38.4 Å². The molecule has 0 unspecified atom stereocenters. The Hall–Kier alpha value is -5.55. The van der Waals surface area contributed by atoms with Gasteiger partial charge in [0.2, 0.25) is 29.5 Å². The number of ether oxygens (including phenoxy) is 3. The van der Waals surface area contributed by atoms with Crippen molar-refractivity contribution in [1.82, 2.24) is 26.6 Å². The first-order chi connectivity index (χ1) is 30.7. The van der Waals surface area contributed by atoms with Gasteiger partial charge in [-0.15, -0.1) is 0 Å². The van der Waals surface area contributed by atoms with Crippen molar-refractivity contribution in [1.29, 1.82) is 0 Å². The van der Waals surface area contributed by atoms with Gasteiger partial charge < -0.3 is 45.9 Å². The van der Waals surface area contributed by atoms with Crippen molar-refractivity contribution in [2.24, 2.45) is 11.3 Å². The average molecular weight is 944 g/mol. The number of nitrogens with one attached hydrogen (secondary N) is 5. The van der Waals surface area contributed by atoms with Crippen molar-refractivity contribution in [3.8, 4) is 0 Å². The molecule has 2 rings (SSSR count). The maximum absolute atomic E-state index is 14.5. The Bertz CT molecular complexity index is 1920. The summed E-state index contributed by atoms with van der Waals surface area (Å²) in [4.78, 5) is 121. The van der Waals surface area contributed by atoms with Gasteiger partial charge in [-0.2, -0.15) is 0 Å². The molecule has 0 saturated heterocycles. The van der Waals surface area contributed by atoms with Crippen molar-refractivity contribution in [3.63, 3.8) is 0 Å². The number of esters is 3. The monoisotopic (exact) mass is 944 g/mol. The SMILES string of the molecule is Cc1ccccc1C[C@H](NC(=O)[C@H](CCC(=O)OC(C)(C)C)NC(=O)[C@H](CC(=O)OC(C)(C)C)NC(=O)CCC(=O)OC(C)(C)C)C(=O)N[C@H](C(=O)N[C@@H](CC1CCCC1)C(=O)O)C(C)(C)C. The van der Waals surface area contributed by atoms with Gasteiger partial charge in [-0.05, 0) is 105 Å². The maximum Gasteiger partial charge on any atom is 0.326 e. The number of aryl methyl sites for hydroxylation is 1. The molecule has 0 aromatic heterocycles. The highest BCUT2D eigenvalue weighted by molar-refractivity contribution is 5.97. The summed E-state index contributed by atoms with van der Waals surface area (Å²) >= 11 is 0. The molecule has 0 spiro atoms. The number of hydrogen-bond acceptors (Lipinski definition) is 12. The summed E-state index contributed by atoms with van der Waals surface area (Å²) in [5, 5.41) is 23.1. The van der Waals surface area contributed by atoms with Gasteiger partial charge in [-0.25, -0.2) is 4.79 Å². The van der Waals surface area contributed by atoms with Crippen LogP contribution in [0.5, 0.6) is 0 Å². The van der Waals surface area contributed by atoms with Crippen molar-refractivity contribution in [2.75, 3.05) is 0 Å². The first-order valence-electron chi connectivity index (χ1n) is 23.2. The van der Waals surface area contributed by atoms with Gasteiger partial charge in [0.25, 0.3) is 0 Å². The van der Waals surface area contributed by atoms with Crippen molar-refractivity contribution in [3.05, 3.63) is 35.4 Å². The predicted molar refractivity (Wildman–Crippen MR) is 249 cm³/mol. The van der Waals surface area contributed by atoms with E-state index in [1.54, 1.807) is 101 Å². The lowest BCUT2D eigenvalue weighted by atomic mass is 9.85. The Labute approximate surface area is 395 Å². The third-order valence-corrected chi connectivity index (χ3v) is 10.5. The fourth-order valence-electron chi connectivity index (χ4n) is 7.34. The van der Waals surface area contributed by atoms with E-state index in [9.17, 15) is 48.3 Å². The zero-order valence-electron chi connectivity index (χ0n) is 41.9. The summed E-state index contributed by atoms with van der Waals surface area (Å²) in [7, 11) is 0. The number of aliphatic carboxylic acids is 1. The Morgan fingerprint density at radius 2 is 1.06 bits per heavy atom. The lowest BCUT2D eigenvalue weighted by Gasteiger charge is -2.33. The van der Waals surface area contributed by atoms with Gasteiger partial charge in [0.1, 0.15) is 47.0 Å². The van der Waals surface area contributed by atoms with Crippen LogP contribution in [0.1, 0.15) is 158 Å². The van der Waals surface area contributed by atoms with Crippen LogP contribution < -0.4 is 26.6 Å². The fraction of sp³-hybridized carbons (Fsp3) is 0.694. The number of carboxylic acid groups (broad SMARTS) is 1. The standard InChI is InChI=1S/C49H77N5O13/c1-29-18-14-17-21-31(29)27-33(43(61)54-40(46(2,3)4)44(62)53-35(45(63)64)26-30-19-15-16-20-30)52-41(59)32(22-24-37(56)65-47(5,6)7)51-42(60)34(28-39(58)67-49(11,12)13)50-36(55)23-25-38(57)66-48(8,9)10/h14,17-18,21,30,32-35,40H,15-16,19-20,22-28H2,1-13H3,(H,50,55)(H,51,60)(H,52,59)(H,53,62)(H,54,61)(H,63,64)/t32-,33-,34-,35-,40+/m0/s1. The topological polar surface area (TPSA) is 262 Å². The van der Waals surface area contributed by atoms with Gasteiger partial charge in [-0.1, -0.05) is 70.7 Å². The van der Waals surface area contributed by atoms with Crippen LogP contribution in [0.4, 0.5) is 0 Å². The second kappa shape index (κ2) is 25.0. The van der Waals surface area contributed by atoms with Crippen LogP contribution in [0.15, 0.2) is 24.3 Å². The third-order valence-electron chi connectivity index (χ3n) is 10.5. The maximum atomic E-state index is 14.5. The average Bonchev–Trinajstić information content (AvgIpc) is 3.68. The van der Waals surface area contributed by atoms with Crippen LogP contribution in [-0.2, 0) is 63.8 Å². The van der Waals surface area contributed by atoms with Crippen LogP contribution in [0.2, 0.25) is 0 Å². The van der Waals surface area contributed by atoms with Crippen LogP contribution in [-0.4, -0.2) is 106 Å². The van der Waals surface area contributed by atoms with E-state index in [0.29, 0.717) is 5.56 Å². The van der Waals surface area contributed by atoms with E-state index >= 15 is 0 Å². The first-order valence-corrected chi connectivity index (χ1v) is 23.2. The number of carbonyl (C=O) groups excluding carboxylic acids is 8. The Balaban J connectivity index is 2.54. The normalized spacial score (nSPS) is 15.7. The molecule has 1 aromatic rings. The molecule has 0 aliphatic heterocycles. The molecule has 67 heavy (non-hydrogen) atoms. The second-order valence-corrected chi connectivity index (χ2v) is 21.5. The van der Waals surface area contributed by atoms with Gasteiger partial charge >= 0.3 is 23.9 Å². The predicted octanol–water partition coefficient (Wildman–Crippen LogP) is 4.65. The summed E-state index contributed by atoms with van der Waals surface area (Å²) < 4.78 is 16.2. The molecule has 376 valence electrons. The summed E-state index contributed by atoms with van der Waals surface area (Å²) in [6, 6.07) is 0.0558. The highest BCUT2D eigenvalue weighted by Crippen LogP contribution is 2.29. The van der Waals surface area contributed by atoms with Crippen LogP contribution in [0, 0.1) is 18.3 Å². The van der Waals surface area contributed by atoms with E-state index < -0.39 is 119 Å².